The summed E-state index contributed by atoms with van der Waals surface area (Å²) in [5, 5.41) is 19.1. The zero-order chi connectivity index (χ0) is 38.4. The minimum atomic E-state index is -4.63. The van der Waals surface area contributed by atoms with Crippen LogP contribution in [0.25, 0.3) is 0 Å². The molecule has 0 heterocycles. The number of aliphatic hydroxyl groups is 2. The lowest BCUT2D eigenvalue weighted by Gasteiger charge is -2.20. The molecular weight excluding hydrogens is 683 g/mol. The fourth-order valence-electron chi connectivity index (χ4n) is 5.63. The molecule has 0 fully saturated rings. The number of hydrogen-bond acceptors (Lipinski definition) is 9. The summed E-state index contributed by atoms with van der Waals surface area (Å²) in [6.45, 7) is 2.17. The Kier molecular flexibility index (Phi) is 36.6. The number of aliphatic hydroxyl groups excluding tert-OH is 2. The topological polar surface area (TPSA) is 149 Å². The van der Waals surface area contributed by atoms with Crippen LogP contribution < -0.4 is 0 Å². The van der Waals surface area contributed by atoms with Gasteiger partial charge in [-0.1, -0.05) is 134 Å². The van der Waals surface area contributed by atoms with Gasteiger partial charge in [-0.3, -0.25) is 18.6 Å². The highest BCUT2D eigenvalue weighted by Gasteiger charge is 2.27. The minimum absolute atomic E-state index is 0.183. The number of phosphoric acid groups is 1. The van der Waals surface area contributed by atoms with Crippen molar-refractivity contribution in [2.75, 3.05) is 26.4 Å². The first kappa shape index (κ1) is 50.5. The van der Waals surface area contributed by atoms with Gasteiger partial charge in [0, 0.05) is 12.8 Å². The molecule has 0 aromatic carbocycles. The van der Waals surface area contributed by atoms with Crippen molar-refractivity contribution in [1.82, 2.24) is 0 Å². The van der Waals surface area contributed by atoms with E-state index in [4.69, 9.17) is 18.5 Å². The van der Waals surface area contributed by atoms with E-state index in [1.54, 1.807) is 0 Å². The third kappa shape index (κ3) is 35.5. The van der Waals surface area contributed by atoms with Crippen LogP contribution in [-0.2, 0) is 32.7 Å². The average molecular weight is 761 g/mol. The molecule has 10 nitrogen and oxygen atoms in total. The van der Waals surface area contributed by atoms with E-state index in [-0.39, 0.29) is 12.8 Å². The first-order chi connectivity index (χ1) is 25.3. The molecule has 3 unspecified atom stereocenters. The predicted octanol–water partition coefficient (Wildman–Crippen LogP) is 10.6. The normalized spacial score (nSPS) is 14.2. The Labute approximate surface area is 317 Å². The maximum absolute atomic E-state index is 12.3. The average Bonchev–Trinajstić information content (AvgIpc) is 3.13. The number of carbonyl (C=O) groups is 2. The highest BCUT2D eigenvalue weighted by atomic mass is 31.2. The summed E-state index contributed by atoms with van der Waals surface area (Å²) < 4.78 is 32.5. The maximum atomic E-state index is 12.3. The van der Waals surface area contributed by atoms with Crippen LogP contribution in [0.4, 0.5) is 0 Å². The second-order valence-corrected chi connectivity index (χ2v) is 15.4. The number of carbonyl (C=O) groups excluding carboxylic acids is 2. The summed E-state index contributed by atoms with van der Waals surface area (Å²) in [7, 11) is -4.63. The highest BCUT2D eigenvalue weighted by Crippen LogP contribution is 2.43. The molecule has 0 aromatic rings. The van der Waals surface area contributed by atoms with Crippen molar-refractivity contribution >= 4 is 19.8 Å². The molecule has 0 aliphatic carbocycles. The zero-order valence-electron chi connectivity index (χ0n) is 33.0. The molecular formula is C41H77O10P. The van der Waals surface area contributed by atoms with Crippen LogP contribution in [0.5, 0.6) is 0 Å². The van der Waals surface area contributed by atoms with Gasteiger partial charge in [0.25, 0.3) is 0 Å². The van der Waals surface area contributed by atoms with Crippen LogP contribution in [0.15, 0.2) is 24.3 Å². The first-order valence-corrected chi connectivity index (χ1v) is 22.3. The number of allylic oxidation sites excluding steroid dienone is 4. The van der Waals surface area contributed by atoms with Crippen LogP contribution in [0.2, 0.25) is 0 Å². The number of phosphoric ester groups is 1. The smallest absolute Gasteiger partial charge is 0.457 e. The molecule has 0 rings (SSSR count). The number of esters is 2. The fourth-order valence-corrected chi connectivity index (χ4v) is 6.42. The van der Waals surface area contributed by atoms with E-state index in [9.17, 15) is 29.3 Å². The van der Waals surface area contributed by atoms with E-state index in [0.29, 0.717) is 12.8 Å². The van der Waals surface area contributed by atoms with Crippen molar-refractivity contribution in [2.24, 2.45) is 0 Å². The molecule has 0 aliphatic heterocycles. The Morgan fingerprint density at radius 1 is 0.500 bits per heavy atom. The van der Waals surface area contributed by atoms with Gasteiger partial charge in [-0.15, -0.1) is 0 Å². The standard InChI is InChI=1S/C41H77O10P/c1-3-5-7-9-11-13-15-17-18-19-21-23-25-27-29-31-33-41(45)51-39(35-43)37-49-52(46,47)48-36-38(34-42)50-40(44)32-30-28-26-24-22-20-16-14-12-10-8-6-4-2/h14,16,18-19,38-39,42-43H,3-13,15,17,20-37H2,1-2H3,(H,46,47)/b16-14-,19-18-. The molecule has 3 atom stereocenters. The van der Waals surface area contributed by atoms with Crippen LogP contribution in [-0.4, -0.2) is 65.7 Å². The maximum Gasteiger partial charge on any atom is 0.472 e. The van der Waals surface area contributed by atoms with E-state index < -0.39 is 58.4 Å². The molecule has 0 aromatic heterocycles. The molecule has 0 bridgehead atoms. The van der Waals surface area contributed by atoms with Gasteiger partial charge in [-0.2, -0.15) is 0 Å². The van der Waals surface area contributed by atoms with Gasteiger partial charge in [-0.05, 0) is 64.2 Å². The van der Waals surface area contributed by atoms with Crippen molar-refractivity contribution in [2.45, 2.75) is 199 Å². The molecule has 0 saturated heterocycles. The second-order valence-electron chi connectivity index (χ2n) is 14.0. The molecule has 0 radical (unpaired) electrons. The fraction of sp³-hybridized carbons (Fsp3) is 0.854. The largest absolute Gasteiger partial charge is 0.472 e. The summed E-state index contributed by atoms with van der Waals surface area (Å²) in [5.74, 6) is -1.03. The van der Waals surface area contributed by atoms with E-state index >= 15 is 0 Å². The molecule has 0 spiro atoms. The van der Waals surface area contributed by atoms with Crippen LogP contribution in [0.3, 0.4) is 0 Å². The van der Waals surface area contributed by atoms with E-state index in [1.165, 1.54) is 77.0 Å². The van der Waals surface area contributed by atoms with Gasteiger partial charge in [0.05, 0.1) is 26.4 Å². The van der Waals surface area contributed by atoms with Gasteiger partial charge in [0.15, 0.2) is 0 Å². The molecule has 0 saturated carbocycles. The van der Waals surface area contributed by atoms with Crippen molar-refractivity contribution in [3.63, 3.8) is 0 Å². The van der Waals surface area contributed by atoms with Crippen LogP contribution in [0, 0.1) is 0 Å². The third-order valence-electron chi connectivity index (χ3n) is 8.89. The summed E-state index contributed by atoms with van der Waals surface area (Å²) in [6.07, 6.45) is 35.8. The van der Waals surface area contributed by atoms with E-state index in [1.807, 2.05) is 0 Å². The second kappa shape index (κ2) is 37.8. The quantitative estimate of drug-likeness (QED) is 0.0239. The van der Waals surface area contributed by atoms with Crippen LogP contribution >= 0.6 is 7.82 Å². The number of ether oxygens (including phenoxy) is 2. The molecule has 0 aliphatic rings. The molecule has 3 N–H and O–H groups in total. The molecule has 306 valence electrons. The lowest BCUT2D eigenvalue weighted by Crippen LogP contribution is -2.28. The van der Waals surface area contributed by atoms with Gasteiger partial charge in [0.1, 0.15) is 12.2 Å². The van der Waals surface area contributed by atoms with E-state index in [0.717, 1.165) is 70.6 Å². The summed E-state index contributed by atoms with van der Waals surface area (Å²) >= 11 is 0. The SMILES string of the molecule is CCCCCC/C=C\CCCCCCCC(=O)OC(CO)COP(=O)(O)OCC(CO)OC(=O)CCCCCCC/C=C\CCCCCCCCC. The monoisotopic (exact) mass is 761 g/mol. The van der Waals surface area contributed by atoms with Crippen molar-refractivity contribution in [3.8, 4) is 0 Å². The highest BCUT2D eigenvalue weighted by molar-refractivity contribution is 7.47. The Morgan fingerprint density at radius 3 is 1.12 bits per heavy atom. The first-order valence-electron chi connectivity index (χ1n) is 20.8. The van der Waals surface area contributed by atoms with Gasteiger partial charge in [-0.25, -0.2) is 4.57 Å². The summed E-state index contributed by atoms with van der Waals surface area (Å²) in [6, 6.07) is 0. The predicted molar refractivity (Wildman–Crippen MR) is 210 cm³/mol. The Morgan fingerprint density at radius 2 is 0.788 bits per heavy atom. The van der Waals surface area contributed by atoms with Crippen molar-refractivity contribution in [3.05, 3.63) is 24.3 Å². The number of hydrogen-bond donors (Lipinski definition) is 3. The zero-order valence-corrected chi connectivity index (χ0v) is 33.9. The summed E-state index contributed by atoms with van der Waals surface area (Å²) in [4.78, 5) is 34.4. The number of rotatable bonds is 39. The Balaban J connectivity index is 3.96. The minimum Gasteiger partial charge on any atom is -0.457 e. The van der Waals surface area contributed by atoms with Crippen LogP contribution in [0.1, 0.15) is 187 Å². The molecule has 11 heteroatoms. The van der Waals surface area contributed by atoms with Gasteiger partial charge >= 0.3 is 19.8 Å². The van der Waals surface area contributed by atoms with Gasteiger partial charge in [0.2, 0.25) is 0 Å². The summed E-state index contributed by atoms with van der Waals surface area (Å²) in [5.41, 5.74) is 0. The Hall–Kier alpha value is -1.55. The molecule has 0 amide bonds. The van der Waals surface area contributed by atoms with Crippen molar-refractivity contribution in [1.29, 1.82) is 0 Å². The lowest BCUT2D eigenvalue weighted by atomic mass is 10.1. The number of unbranched alkanes of at least 4 members (excludes halogenated alkanes) is 21. The van der Waals surface area contributed by atoms with E-state index in [2.05, 4.69) is 38.2 Å². The van der Waals surface area contributed by atoms with Crippen molar-refractivity contribution < 1.29 is 47.8 Å². The third-order valence-corrected chi connectivity index (χ3v) is 9.84. The van der Waals surface area contributed by atoms with Gasteiger partial charge < -0.3 is 24.6 Å². The lowest BCUT2D eigenvalue weighted by molar-refractivity contribution is -0.153. The molecule has 52 heavy (non-hydrogen) atoms. The Bertz CT molecular complexity index is 925.